The lowest BCUT2D eigenvalue weighted by Gasteiger charge is -2.21. The average molecular weight is 307 g/mol. The zero-order chi connectivity index (χ0) is 15.9. The van der Waals surface area contributed by atoms with Gasteiger partial charge in [0.1, 0.15) is 5.82 Å². The molecule has 1 aliphatic rings. The Kier molecular flexibility index (Phi) is 5.75. The second-order valence-corrected chi connectivity index (χ2v) is 5.70. The van der Waals surface area contributed by atoms with Crippen molar-refractivity contribution in [1.29, 1.82) is 0 Å². The van der Waals surface area contributed by atoms with Gasteiger partial charge in [-0.25, -0.2) is 9.18 Å². The Labute approximate surface area is 129 Å². The van der Waals surface area contributed by atoms with Crippen molar-refractivity contribution in [1.82, 2.24) is 15.5 Å². The highest BCUT2D eigenvalue weighted by Gasteiger charge is 2.21. The van der Waals surface area contributed by atoms with Gasteiger partial charge < -0.3 is 15.5 Å². The number of likely N-dealkylation sites (tertiary alicyclic amines) is 1. The maximum Gasteiger partial charge on any atom is 0.315 e. The lowest BCUT2D eigenvalue weighted by molar-refractivity contribution is -0.128. The summed E-state index contributed by atoms with van der Waals surface area (Å²) in [6.45, 7) is 4.09. The van der Waals surface area contributed by atoms with Crippen molar-refractivity contribution in [3.05, 3.63) is 35.6 Å². The van der Waals surface area contributed by atoms with Crippen molar-refractivity contribution in [2.45, 2.75) is 26.3 Å². The SMILES string of the molecule is CC(CNC(=O)NCc1ccccc1F)CN1CCCC1=O. The molecule has 5 nitrogen and oxygen atoms in total. The van der Waals surface area contributed by atoms with E-state index in [1.807, 2.05) is 11.8 Å². The molecule has 6 heteroatoms. The maximum absolute atomic E-state index is 13.4. The molecule has 1 unspecified atom stereocenters. The van der Waals surface area contributed by atoms with Gasteiger partial charge in [-0.1, -0.05) is 25.1 Å². The molecule has 0 spiro atoms. The minimum atomic E-state index is -0.331. The van der Waals surface area contributed by atoms with Crippen LogP contribution < -0.4 is 10.6 Å². The molecule has 0 aliphatic carbocycles. The van der Waals surface area contributed by atoms with E-state index in [1.54, 1.807) is 18.2 Å². The summed E-state index contributed by atoms with van der Waals surface area (Å²) in [5.74, 6) is 0.0424. The second-order valence-electron chi connectivity index (χ2n) is 5.70. The van der Waals surface area contributed by atoms with E-state index in [2.05, 4.69) is 10.6 Å². The summed E-state index contributed by atoms with van der Waals surface area (Å²) in [5.41, 5.74) is 0.452. The third-order valence-electron chi connectivity index (χ3n) is 3.71. The van der Waals surface area contributed by atoms with Gasteiger partial charge in [-0.2, -0.15) is 0 Å². The van der Waals surface area contributed by atoms with E-state index in [-0.39, 0.29) is 30.2 Å². The van der Waals surface area contributed by atoms with Gasteiger partial charge in [0, 0.05) is 38.2 Å². The third kappa shape index (κ3) is 4.72. The minimum Gasteiger partial charge on any atom is -0.342 e. The molecule has 120 valence electrons. The first-order valence-electron chi connectivity index (χ1n) is 7.59. The topological polar surface area (TPSA) is 61.4 Å². The third-order valence-corrected chi connectivity index (χ3v) is 3.71. The number of amides is 3. The second kappa shape index (κ2) is 7.77. The number of halogens is 1. The number of carbonyl (C=O) groups excluding carboxylic acids is 2. The molecular formula is C16H22FN3O2. The Morgan fingerprint density at radius 1 is 1.36 bits per heavy atom. The summed E-state index contributed by atoms with van der Waals surface area (Å²) in [6.07, 6.45) is 1.55. The summed E-state index contributed by atoms with van der Waals surface area (Å²) in [7, 11) is 0. The van der Waals surface area contributed by atoms with Crippen LogP contribution in [0.4, 0.5) is 9.18 Å². The molecule has 2 N–H and O–H groups in total. The molecule has 0 aromatic heterocycles. The number of rotatable bonds is 6. The largest absolute Gasteiger partial charge is 0.342 e. The Hall–Kier alpha value is -2.11. The van der Waals surface area contributed by atoms with E-state index in [0.717, 1.165) is 13.0 Å². The molecule has 1 aliphatic heterocycles. The number of benzene rings is 1. The number of nitrogens with one attached hydrogen (secondary N) is 2. The van der Waals surface area contributed by atoms with Crippen LogP contribution in [-0.2, 0) is 11.3 Å². The van der Waals surface area contributed by atoms with Crippen LogP contribution in [0.1, 0.15) is 25.3 Å². The van der Waals surface area contributed by atoms with Gasteiger partial charge in [0.2, 0.25) is 5.91 Å². The van der Waals surface area contributed by atoms with Crippen molar-refractivity contribution in [2.75, 3.05) is 19.6 Å². The molecule has 22 heavy (non-hydrogen) atoms. The van der Waals surface area contributed by atoms with Gasteiger partial charge in [0.05, 0.1) is 0 Å². The van der Waals surface area contributed by atoms with Gasteiger partial charge in [-0.05, 0) is 18.4 Å². The number of urea groups is 1. The molecule has 1 fully saturated rings. The first-order valence-corrected chi connectivity index (χ1v) is 7.59. The Bertz CT molecular complexity index is 536. The highest BCUT2D eigenvalue weighted by Crippen LogP contribution is 2.11. The fourth-order valence-corrected chi connectivity index (χ4v) is 2.48. The quantitative estimate of drug-likeness (QED) is 0.843. The first-order chi connectivity index (χ1) is 10.6. The molecule has 1 aromatic rings. The maximum atomic E-state index is 13.4. The molecule has 0 radical (unpaired) electrons. The lowest BCUT2D eigenvalue weighted by atomic mass is 10.1. The number of carbonyl (C=O) groups is 2. The van der Waals surface area contributed by atoms with Crippen molar-refractivity contribution in [2.24, 2.45) is 5.92 Å². The molecule has 2 rings (SSSR count). The van der Waals surface area contributed by atoms with Crippen LogP contribution in [0.2, 0.25) is 0 Å². The monoisotopic (exact) mass is 307 g/mol. The molecule has 1 atom stereocenters. The normalized spacial score (nSPS) is 15.7. The van der Waals surface area contributed by atoms with E-state index in [1.165, 1.54) is 6.07 Å². The Balaban J connectivity index is 1.67. The lowest BCUT2D eigenvalue weighted by Crippen LogP contribution is -2.40. The smallest absolute Gasteiger partial charge is 0.315 e. The summed E-state index contributed by atoms with van der Waals surface area (Å²) in [6, 6.07) is 6.01. The molecule has 0 bridgehead atoms. The standard InChI is InChI=1S/C16H22FN3O2/c1-12(11-20-8-4-7-15(20)21)9-18-16(22)19-10-13-5-2-3-6-14(13)17/h2-3,5-6,12H,4,7-11H2,1H3,(H2,18,19,22). The fourth-order valence-electron chi connectivity index (χ4n) is 2.48. The zero-order valence-electron chi connectivity index (χ0n) is 12.8. The van der Waals surface area contributed by atoms with Crippen LogP contribution in [-0.4, -0.2) is 36.5 Å². The average Bonchev–Trinajstić information content (AvgIpc) is 2.89. The van der Waals surface area contributed by atoms with Gasteiger partial charge >= 0.3 is 6.03 Å². The molecule has 1 aromatic carbocycles. The summed E-state index contributed by atoms with van der Waals surface area (Å²) < 4.78 is 13.4. The van der Waals surface area contributed by atoms with Crippen LogP contribution in [0, 0.1) is 11.7 Å². The predicted octanol–water partition coefficient (Wildman–Crippen LogP) is 1.88. The number of hydrogen-bond acceptors (Lipinski definition) is 2. The van der Waals surface area contributed by atoms with Gasteiger partial charge in [0.25, 0.3) is 0 Å². The molecular weight excluding hydrogens is 285 g/mol. The van der Waals surface area contributed by atoms with Gasteiger partial charge in [-0.3, -0.25) is 4.79 Å². The van der Waals surface area contributed by atoms with Crippen LogP contribution in [0.15, 0.2) is 24.3 Å². The Morgan fingerprint density at radius 2 is 2.14 bits per heavy atom. The van der Waals surface area contributed by atoms with E-state index in [4.69, 9.17) is 0 Å². The molecule has 1 saturated heterocycles. The van der Waals surface area contributed by atoms with E-state index < -0.39 is 0 Å². The predicted molar refractivity (Wildman–Crippen MR) is 81.6 cm³/mol. The molecule has 3 amide bonds. The summed E-state index contributed by atoms with van der Waals surface area (Å²) in [5, 5.41) is 5.38. The van der Waals surface area contributed by atoms with Crippen molar-refractivity contribution in [3.63, 3.8) is 0 Å². The van der Waals surface area contributed by atoms with Crippen LogP contribution in [0.5, 0.6) is 0 Å². The fraction of sp³-hybridized carbons (Fsp3) is 0.500. The first kappa shape index (κ1) is 16.3. The van der Waals surface area contributed by atoms with Gasteiger partial charge in [0.15, 0.2) is 0 Å². The van der Waals surface area contributed by atoms with Crippen molar-refractivity contribution in [3.8, 4) is 0 Å². The summed E-state index contributed by atoms with van der Waals surface area (Å²) in [4.78, 5) is 25.1. The molecule has 1 heterocycles. The van der Waals surface area contributed by atoms with Crippen LogP contribution in [0.3, 0.4) is 0 Å². The van der Waals surface area contributed by atoms with E-state index in [9.17, 15) is 14.0 Å². The summed E-state index contributed by atoms with van der Waals surface area (Å²) >= 11 is 0. The van der Waals surface area contributed by atoms with Crippen molar-refractivity contribution >= 4 is 11.9 Å². The number of nitrogens with zero attached hydrogens (tertiary/aromatic N) is 1. The van der Waals surface area contributed by atoms with E-state index >= 15 is 0 Å². The minimum absolute atomic E-state index is 0.150. The van der Waals surface area contributed by atoms with E-state index in [0.29, 0.717) is 25.1 Å². The van der Waals surface area contributed by atoms with Crippen molar-refractivity contribution < 1.29 is 14.0 Å². The zero-order valence-corrected chi connectivity index (χ0v) is 12.8. The molecule has 0 saturated carbocycles. The van der Waals surface area contributed by atoms with Crippen LogP contribution >= 0.6 is 0 Å². The Morgan fingerprint density at radius 3 is 2.82 bits per heavy atom. The number of hydrogen-bond donors (Lipinski definition) is 2. The van der Waals surface area contributed by atoms with Gasteiger partial charge in [-0.15, -0.1) is 0 Å². The highest BCUT2D eigenvalue weighted by molar-refractivity contribution is 5.78. The van der Waals surface area contributed by atoms with Crippen LogP contribution in [0.25, 0.3) is 0 Å². The highest BCUT2D eigenvalue weighted by atomic mass is 19.1.